The second kappa shape index (κ2) is 9.32. The lowest BCUT2D eigenvalue weighted by atomic mass is 10.0. The number of rotatable bonds is 10. The minimum absolute atomic E-state index is 0.0964. The summed E-state index contributed by atoms with van der Waals surface area (Å²) in [7, 11) is 4.00. The molecule has 3 aromatic heterocycles. The van der Waals surface area contributed by atoms with Gasteiger partial charge in [-0.05, 0) is 45.5 Å². The molecule has 0 atom stereocenters. The van der Waals surface area contributed by atoms with Gasteiger partial charge in [0.25, 0.3) is 0 Å². The molecule has 32 heavy (non-hydrogen) atoms. The fourth-order valence-corrected chi connectivity index (χ4v) is 3.47. The minimum atomic E-state index is 0.0964. The number of anilines is 2. The largest absolute Gasteiger partial charge is 0.476 e. The van der Waals surface area contributed by atoms with Crippen molar-refractivity contribution in [2.45, 2.75) is 32.7 Å². The van der Waals surface area contributed by atoms with Crippen molar-refractivity contribution in [3.05, 3.63) is 42.5 Å². The van der Waals surface area contributed by atoms with E-state index >= 15 is 0 Å². The Bertz CT molecular complexity index is 1110. The summed E-state index contributed by atoms with van der Waals surface area (Å²) in [5.74, 6) is 1.05. The Morgan fingerprint density at radius 2 is 2.12 bits per heavy atom. The third-order valence-electron chi connectivity index (χ3n) is 5.57. The molecule has 3 heterocycles. The van der Waals surface area contributed by atoms with Crippen LogP contribution in [0.5, 0.6) is 5.88 Å². The fraction of sp³-hybridized carbons (Fsp3) is 0.435. The van der Waals surface area contributed by atoms with Crippen LogP contribution in [0.1, 0.15) is 24.8 Å². The van der Waals surface area contributed by atoms with Crippen LogP contribution in [-0.2, 0) is 6.54 Å². The maximum Gasteiger partial charge on any atom is 0.227 e. The summed E-state index contributed by atoms with van der Waals surface area (Å²) in [4.78, 5) is 15.5. The fourth-order valence-electron chi connectivity index (χ4n) is 3.47. The topological polar surface area (TPSA) is 105 Å². The quantitative estimate of drug-likeness (QED) is 0.520. The molecule has 3 aromatic rings. The number of aromatic nitrogens is 5. The molecule has 0 bridgehead atoms. The highest BCUT2D eigenvalue weighted by molar-refractivity contribution is 5.64. The van der Waals surface area contributed by atoms with Crippen LogP contribution in [0.2, 0.25) is 0 Å². The van der Waals surface area contributed by atoms with E-state index in [0.717, 1.165) is 48.4 Å². The molecular weight excluding hydrogens is 404 g/mol. The molecule has 1 fully saturated rings. The Balaban J connectivity index is 1.46. The third-order valence-corrected chi connectivity index (χ3v) is 5.57. The van der Waals surface area contributed by atoms with E-state index < -0.39 is 0 Å². The van der Waals surface area contributed by atoms with Crippen molar-refractivity contribution in [1.82, 2.24) is 29.6 Å². The number of likely N-dealkylation sites (N-methyl/N-ethyl adjacent to an activating group) is 1. The van der Waals surface area contributed by atoms with Gasteiger partial charge < -0.3 is 15.0 Å². The summed E-state index contributed by atoms with van der Waals surface area (Å²) in [6, 6.07) is 5.99. The molecule has 0 aromatic carbocycles. The van der Waals surface area contributed by atoms with Gasteiger partial charge in [-0.1, -0.05) is 0 Å². The number of pyridine rings is 1. The summed E-state index contributed by atoms with van der Waals surface area (Å²) in [6.45, 7) is 4.13. The van der Waals surface area contributed by atoms with Gasteiger partial charge in [0.2, 0.25) is 11.8 Å². The molecular formula is C23H28N8O. The molecule has 9 nitrogen and oxygen atoms in total. The number of aryl methyl sites for hydroxylation is 1. The summed E-state index contributed by atoms with van der Waals surface area (Å²) in [6.07, 6.45) is 10.1. The standard InChI is InChI=1S/C23H28N8O/c1-17-13-26-22(28-19-4-9-25-20(12-19)32-11-10-30(2)3)29-21(17)18-14-27-31(15-18)16-23(5-6-23)7-8-24/h4,9,12-15H,5-7,10-11,16H2,1-3H3,(H,25,26,28,29). The first-order chi connectivity index (χ1) is 15.5. The summed E-state index contributed by atoms with van der Waals surface area (Å²) >= 11 is 0. The highest BCUT2D eigenvalue weighted by atomic mass is 16.5. The monoisotopic (exact) mass is 432 g/mol. The average Bonchev–Trinajstić information content (AvgIpc) is 3.35. The van der Waals surface area contributed by atoms with Gasteiger partial charge in [0.15, 0.2) is 0 Å². The Morgan fingerprint density at radius 3 is 2.88 bits per heavy atom. The van der Waals surface area contributed by atoms with E-state index in [2.05, 4.69) is 31.4 Å². The van der Waals surface area contributed by atoms with E-state index in [1.54, 1.807) is 12.4 Å². The molecule has 1 N–H and O–H groups in total. The molecule has 9 heteroatoms. The van der Waals surface area contributed by atoms with Crippen molar-refractivity contribution < 1.29 is 4.74 Å². The predicted molar refractivity (Wildman–Crippen MR) is 121 cm³/mol. The highest BCUT2D eigenvalue weighted by Gasteiger charge is 2.43. The second-order valence-corrected chi connectivity index (χ2v) is 8.65. The van der Waals surface area contributed by atoms with Gasteiger partial charge in [-0.15, -0.1) is 0 Å². The van der Waals surface area contributed by atoms with Gasteiger partial charge in [0.1, 0.15) is 6.61 Å². The average molecular weight is 433 g/mol. The molecule has 1 aliphatic carbocycles. The predicted octanol–water partition coefficient (Wildman–Crippen LogP) is 3.42. The van der Waals surface area contributed by atoms with Gasteiger partial charge in [-0.25, -0.2) is 15.0 Å². The number of nitrogens with zero attached hydrogens (tertiary/aromatic N) is 7. The van der Waals surface area contributed by atoms with Crippen molar-refractivity contribution in [3.63, 3.8) is 0 Å². The van der Waals surface area contributed by atoms with E-state index in [1.807, 2.05) is 50.2 Å². The van der Waals surface area contributed by atoms with Gasteiger partial charge in [-0.3, -0.25) is 4.68 Å². The zero-order valence-corrected chi connectivity index (χ0v) is 18.7. The first-order valence-electron chi connectivity index (χ1n) is 10.7. The number of hydrogen-bond acceptors (Lipinski definition) is 8. The lowest BCUT2D eigenvalue weighted by molar-refractivity contribution is 0.254. The smallest absolute Gasteiger partial charge is 0.227 e. The Hall–Kier alpha value is -3.51. The second-order valence-electron chi connectivity index (χ2n) is 8.65. The molecule has 0 amide bonds. The lowest BCUT2D eigenvalue weighted by Crippen LogP contribution is -2.19. The Kier molecular flexibility index (Phi) is 6.32. The van der Waals surface area contributed by atoms with Gasteiger partial charge in [0.05, 0.1) is 18.0 Å². The molecule has 1 saturated carbocycles. The van der Waals surface area contributed by atoms with Crippen LogP contribution in [0, 0.1) is 23.7 Å². The maximum atomic E-state index is 9.06. The Morgan fingerprint density at radius 1 is 1.28 bits per heavy atom. The van der Waals surface area contributed by atoms with Crippen LogP contribution >= 0.6 is 0 Å². The zero-order valence-electron chi connectivity index (χ0n) is 18.7. The van der Waals surface area contributed by atoms with Crippen molar-refractivity contribution in [1.29, 1.82) is 5.26 Å². The molecule has 0 aliphatic heterocycles. The molecule has 166 valence electrons. The molecule has 0 spiro atoms. The minimum Gasteiger partial charge on any atom is -0.476 e. The van der Waals surface area contributed by atoms with E-state index in [0.29, 0.717) is 24.9 Å². The summed E-state index contributed by atoms with van der Waals surface area (Å²) < 4.78 is 7.63. The zero-order chi connectivity index (χ0) is 22.6. The molecule has 0 radical (unpaired) electrons. The van der Waals surface area contributed by atoms with Gasteiger partial charge in [-0.2, -0.15) is 10.4 Å². The third kappa shape index (κ3) is 5.39. The van der Waals surface area contributed by atoms with E-state index in [1.165, 1.54) is 0 Å². The van der Waals surface area contributed by atoms with E-state index in [-0.39, 0.29) is 5.41 Å². The van der Waals surface area contributed by atoms with Crippen molar-refractivity contribution in [3.8, 4) is 23.2 Å². The normalized spacial score (nSPS) is 14.2. The number of ether oxygens (including phenoxy) is 1. The first-order valence-corrected chi connectivity index (χ1v) is 10.7. The highest BCUT2D eigenvalue weighted by Crippen LogP contribution is 2.49. The SMILES string of the molecule is Cc1cnc(Nc2ccnc(OCCN(C)C)c2)nc1-c1cnn(CC2(CC#N)CC2)c1. The number of nitrogens with one attached hydrogen (secondary N) is 1. The summed E-state index contributed by atoms with van der Waals surface area (Å²) in [5, 5.41) is 16.8. The Labute approximate surface area is 188 Å². The molecule has 0 saturated heterocycles. The van der Waals surface area contributed by atoms with Crippen LogP contribution < -0.4 is 10.1 Å². The summed E-state index contributed by atoms with van der Waals surface area (Å²) in [5.41, 5.74) is 3.63. The van der Waals surface area contributed by atoms with Crippen LogP contribution in [0.4, 0.5) is 11.6 Å². The number of hydrogen-bond donors (Lipinski definition) is 1. The van der Waals surface area contributed by atoms with Crippen molar-refractivity contribution in [2.24, 2.45) is 5.41 Å². The van der Waals surface area contributed by atoms with Crippen molar-refractivity contribution >= 4 is 11.6 Å². The molecule has 0 unspecified atom stereocenters. The number of nitriles is 1. The van der Waals surface area contributed by atoms with E-state index in [4.69, 9.17) is 15.0 Å². The van der Waals surface area contributed by atoms with Crippen LogP contribution in [-0.4, -0.2) is 56.9 Å². The molecule has 1 aliphatic rings. The van der Waals surface area contributed by atoms with Crippen LogP contribution in [0.25, 0.3) is 11.3 Å². The van der Waals surface area contributed by atoms with E-state index in [9.17, 15) is 0 Å². The van der Waals surface area contributed by atoms with Crippen LogP contribution in [0.15, 0.2) is 36.9 Å². The van der Waals surface area contributed by atoms with Crippen molar-refractivity contribution in [2.75, 3.05) is 32.6 Å². The molecule has 4 rings (SSSR count). The van der Waals surface area contributed by atoms with Crippen LogP contribution in [0.3, 0.4) is 0 Å². The first kappa shape index (κ1) is 21.7. The van der Waals surface area contributed by atoms with Gasteiger partial charge in [0, 0.05) is 60.8 Å². The maximum absolute atomic E-state index is 9.06. The van der Waals surface area contributed by atoms with Gasteiger partial charge >= 0.3 is 0 Å². The lowest BCUT2D eigenvalue weighted by Gasteiger charge is -2.12.